The van der Waals surface area contributed by atoms with Crippen LogP contribution < -0.4 is 5.73 Å². The van der Waals surface area contributed by atoms with Gasteiger partial charge in [0.05, 0.1) is 18.5 Å². The van der Waals surface area contributed by atoms with Gasteiger partial charge in [0, 0.05) is 19.0 Å². The van der Waals surface area contributed by atoms with Crippen LogP contribution in [0.1, 0.15) is 12.6 Å². The third-order valence-electron chi connectivity index (χ3n) is 1.75. The van der Waals surface area contributed by atoms with Crippen LogP contribution in [0.2, 0.25) is 0 Å². The van der Waals surface area contributed by atoms with E-state index in [4.69, 9.17) is 10.8 Å². The minimum atomic E-state index is -0.588. The predicted octanol–water partition coefficient (Wildman–Crippen LogP) is -0.933. The first-order valence-corrected chi connectivity index (χ1v) is 3.78. The Morgan fingerprint density at radius 1 is 1.75 bits per heavy atom. The maximum absolute atomic E-state index is 8.91. The molecular weight excluding hydrogens is 156 g/mol. The molecule has 68 valence electrons. The summed E-state index contributed by atoms with van der Waals surface area (Å²) < 4.78 is 1.65. The highest BCUT2D eigenvalue weighted by Gasteiger charge is 2.19. The van der Waals surface area contributed by atoms with E-state index < -0.39 is 5.54 Å². The average Bonchev–Trinajstić information content (AvgIpc) is 2.36. The number of aliphatic hydroxyl groups excluding tert-OH is 1. The number of rotatable bonds is 3. The van der Waals surface area contributed by atoms with E-state index in [2.05, 4.69) is 10.3 Å². The molecule has 0 aliphatic carbocycles. The minimum Gasteiger partial charge on any atom is -0.394 e. The normalized spacial score (nSPS) is 16.0. The number of nitrogens with two attached hydrogens (primary N) is 1. The lowest BCUT2D eigenvalue weighted by atomic mass is 9.99. The Bertz CT molecular complexity index is 256. The molecule has 1 aromatic heterocycles. The van der Waals surface area contributed by atoms with E-state index in [1.165, 1.54) is 0 Å². The molecule has 0 bridgehead atoms. The molecule has 0 aliphatic rings. The Morgan fingerprint density at radius 3 is 2.83 bits per heavy atom. The van der Waals surface area contributed by atoms with Gasteiger partial charge >= 0.3 is 0 Å². The van der Waals surface area contributed by atoms with E-state index >= 15 is 0 Å². The molecule has 1 unspecified atom stereocenters. The van der Waals surface area contributed by atoms with Crippen LogP contribution in [0.5, 0.6) is 0 Å². The standard InChI is InChI=1S/C7H14N4O/c1-7(8,5-12)3-6-4-9-10-11(6)2/h4,12H,3,5,8H2,1-2H3. The van der Waals surface area contributed by atoms with Gasteiger partial charge in [-0.15, -0.1) is 5.10 Å². The zero-order valence-electron chi connectivity index (χ0n) is 7.36. The molecule has 0 saturated carbocycles. The van der Waals surface area contributed by atoms with Crippen LogP contribution in [0, 0.1) is 0 Å². The van der Waals surface area contributed by atoms with E-state index in [0.29, 0.717) is 6.42 Å². The molecule has 3 N–H and O–H groups in total. The number of nitrogens with zero attached hydrogens (tertiary/aromatic N) is 3. The first-order valence-electron chi connectivity index (χ1n) is 3.78. The van der Waals surface area contributed by atoms with Gasteiger partial charge in [-0.05, 0) is 6.92 Å². The maximum atomic E-state index is 8.91. The summed E-state index contributed by atoms with van der Waals surface area (Å²) in [4.78, 5) is 0. The van der Waals surface area contributed by atoms with Crippen molar-refractivity contribution in [3.05, 3.63) is 11.9 Å². The fourth-order valence-electron chi connectivity index (χ4n) is 0.941. The monoisotopic (exact) mass is 170 g/mol. The zero-order chi connectivity index (χ0) is 9.19. The van der Waals surface area contributed by atoms with Crippen molar-refractivity contribution in [3.8, 4) is 0 Å². The number of aliphatic hydroxyl groups is 1. The summed E-state index contributed by atoms with van der Waals surface area (Å²) in [6.45, 7) is 1.75. The van der Waals surface area contributed by atoms with Gasteiger partial charge in [-0.3, -0.25) is 4.68 Å². The van der Waals surface area contributed by atoms with Gasteiger partial charge in [0.1, 0.15) is 0 Å². The Hall–Kier alpha value is -0.940. The molecule has 0 aromatic carbocycles. The van der Waals surface area contributed by atoms with Gasteiger partial charge < -0.3 is 10.8 Å². The predicted molar refractivity (Wildman–Crippen MR) is 44.4 cm³/mol. The van der Waals surface area contributed by atoms with Gasteiger partial charge in [0.15, 0.2) is 0 Å². The van der Waals surface area contributed by atoms with Gasteiger partial charge in [-0.1, -0.05) is 5.21 Å². The summed E-state index contributed by atoms with van der Waals surface area (Å²) in [5.41, 5.74) is 6.09. The molecular formula is C7H14N4O. The average molecular weight is 170 g/mol. The van der Waals surface area contributed by atoms with E-state index in [1.54, 1.807) is 24.9 Å². The SMILES string of the molecule is Cn1nncc1CC(C)(N)CO. The Kier molecular flexibility index (Phi) is 2.44. The molecule has 0 fully saturated rings. The second-order valence-corrected chi connectivity index (χ2v) is 3.34. The van der Waals surface area contributed by atoms with E-state index in [0.717, 1.165) is 5.69 Å². The molecule has 5 nitrogen and oxygen atoms in total. The van der Waals surface area contributed by atoms with Crippen LogP contribution in [0.3, 0.4) is 0 Å². The highest BCUT2D eigenvalue weighted by molar-refractivity contribution is 5.00. The molecule has 1 rings (SSSR count). The van der Waals surface area contributed by atoms with Crippen molar-refractivity contribution < 1.29 is 5.11 Å². The van der Waals surface area contributed by atoms with E-state index in [1.807, 2.05) is 0 Å². The van der Waals surface area contributed by atoms with Gasteiger partial charge in [-0.25, -0.2) is 0 Å². The molecule has 0 saturated heterocycles. The minimum absolute atomic E-state index is 0.0435. The van der Waals surface area contributed by atoms with Crippen LogP contribution in [0.4, 0.5) is 0 Å². The van der Waals surface area contributed by atoms with Crippen molar-refractivity contribution >= 4 is 0 Å². The summed E-state index contributed by atoms with van der Waals surface area (Å²) in [5, 5.41) is 16.4. The fourth-order valence-corrected chi connectivity index (χ4v) is 0.941. The Balaban J connectivity index is 2.70. The van der Waals surface area contributed by atoms with Crippen molar-refractivity contribution in [1.29, 1.82) is 0 Å². The van der Waals surface area contributed by atoms with Crippen LogP contribution in [-0.4, -0.2) is 32.2 Å². The molecule has 1 atom stereocenters. The lowest BCUT2D eigenvalue weighted by Crippen LogP contribution is -2.42. The van der Waals surface area contributed by atoms with Crippen LogP contribution in [0.25, 0.3) is 0 Å². The topological polar surface area (TPSA) is 77.0 Å². The molecule has 5 heteroatoms. The lowest BCUT2D eigenvalue weighted by molar-refractivity contribution is 0.206. The molecule has 1 heterocycles. The summed E-state index contributed by atoms with van der Waals surface area (Å²) in [5.74, 6) is 0. The summed E-state index contributed by atoms with van der Waals surface area (Å²) in [7, 11) is 1.80. The van der Waals surface area contributed by atoms with Crippen molar-refractivity contribution in [2.75, 3.05) is 6.61 Å². The maximum Gasteiger partial charge on any atom is 0.0725 e. The highest BCUT2D eigenvalue weighted by Crippen LogP contribution is 2.07. The molecule has 0 spiro atoms. The first kappa shape index (κ1) is 9.15. The summed E-state index contributed by atoms with van der Waals surface area (Å²) in [6.07, 6.45) is 2.23. The third-order valence-corrected chi connectivity index (χ3v) is 1.75. The Labute approximate surface area is 71.2 Å². The second kappa shape index (κ2) is 3.20. The molecule has 0 radical (unpaired) electrons. The number of aromatic nitrogens is 3. The molecule has 0 aliphatic heterocycles. The summed E-state index contributed by atoms with van der Waals surface area (Å²) in [6, 6.07) is 0. The van der Waals surface area contributed by atoms with Gasteiger partial charge in [-0.2, -0.15) is 0 Å². The quantitative estimate of drug-likeness (QED) is 0.614. The second-order valence-electron chi connectivity index (χ2n) is 3.34. The summed E-state index contributed by atoms with van der Waals surface area (Å²) >= 11 is 0. The van der Waals surface area contributed by atoms with Crippen molar-refractivity contribution in [2.45, 2.75) is 18.9 Å². The van der Waals surface area contributed by atoms with E-state index in [-0.39, 0.29) is 6.61 Å². The number of hydrogen-bond acceptors (Lipinski definition) is 4. The van der Waals surface area contributed by atoms with Crippen molar-refractivity contribution in [1.82, 2.24) is 15.0 Å². The van der Waals surface area contributed by atoms with Gasteiger partial charge in [0.25, 0.3) is 0 Å². The van der Waals surface area contributed by atoms with Crippen LogP contribution >= 0.6 is 0 Å². The largest absolute Gasteiger partial charge is 0.394 e. The smallest absolute Gasteiger partial charge is 0.0725 e. The number of hydrogen-bond donors (Lipinski definition) is 2. The number of aryl methyl sites for hydroxylation is 1. The third kappa shape index (κ3) is 2.02. The Morgan fingerprint density at radius 2 is 2.42 bits per heavy atom. The van der Waals surface area contributed by atoms with Crippen LogP contribution in [-0.2, 0) is 13.5 Å². The molecule has 1 aromatic rings. The first-order chi connectivity index (χ1) is 5.55. The van der Waals surface area contributed by atoms with E-state index in [9.17, 15) is 0 Å². The molecule has 12 heavy (non-hydrogen) atoms. The lowest BCUT2D eigenvalue weighted by Gasteiger charge is -2.20. The molecule has 0 amide bonds. The van der Waals surface area contributed by atoms with Gasteiger partial charge in [0.2, 0.25) is 0 Å². The fraction of sp³-hybridized carbons (Fsp3) is 0.714. The van der Waals surface area contributed by atoms with Crippen LogP contribution in [0.15, 0.2) is 6.20 Å². The highest BCUT2D eigenvalue weighted by atomic mass is 16.3. The zero-order valence-corrected chi connectivity index (χ0v) is 7.36. The van der Waals surface area contributed by atoms with Crippen molar-refractivity contribution in [3.63, 3.8) is 0 Å². The van der Waals surface area contributed by atoms with Crippen molar-refractivity contribution in [2.24, 2.45) is 12.8 Å².